The number of hydrogen-bond acceptors (Lipinski definition) is 3. The molecule has 28 heavy (non-hydrogen) atoms. The van der Waals surface area contributed by atoms with Crippen LogP contribution in [0.15, 0.2) is 30.3 Å². The van der Waals surface area contributed by atoms with E-state index in [0.717, 1.165) is 68.5 Å². The lowest BCUT2D eigenvalue weighted by molar-refractivity contribution is 0.0562. The number of nitrogens with zero attached hydrogens (tertiary/aromatic N) is 2. The Morgan fingerprint density at radius 3 is 2.79 bits per heavy atom. The van der Waals surface area contributed by atoms with E-state index in [1.165, 1.54) is 0 Å². The van der Waals surface area contributed by atoms with Crippen molar-refractivity contribution in [2.75, 3.05) is 26.8 Å². The van der Waals surface area contributed by atoms with Crippen molar-refractivity contribution >= 4 is 29.2 Å². The number of nitrogens with one attached hydrogen (secondary N) is 1. The van der Waals surface area contributed by atoms with E-state index in [2.05, 4.69) is 46.8 Å². The number of aromatic nitrogens is 1. The number of ether oxygens (including phenoxy) is 1. The molecule has 0 spiro atoms. The number of unbranched alkanes of at least 4 members (excludes halogenated alkanes) is 1. The first kappa shape index (κ1) is 22.7. The lowest BCUT2D eigenvalue weighted by Gasteiger charge is -2.37. The van der Waals surface area contributed by atoms with E-state index < -0.39 is 0 Å². The van der Waals surface area contributed by atoms with Crippen LogP contribution in [-0.4, -0.2) is 54.3 Å². The maximum absolute atomic E-state index is 13.6. The van der Waals surface area contributed by atoms with Gasteiger partial charge in [0.1, 0.15) is 5.69 Å². The largest absolute Gasteiger partial charge is 0.385 e. The summed E-state index contributed by atoms with van der Waals surface area (Å²) < 4.78 is 7.39. The number of halogens is 1. The zero-order chi connectivity index (χ0) is 19.2. The van der Waals surface area contributed by atoms with Crippen LogP contribution in [0, 0.1) is 0 Å². The van der Waals surface area contributed by atoms with Crippen molar-refractivity contribution in [1.82, 2.24) is 14.8 Å². The van der Waals surface area contributed by atoms with Gasteiger partial charge in [0.05, 0.1) is 0 Å². The highest BCUT2D eigenvalue weighted by Gasteiger charge is 2.30. The van der Waals surface area contributed by atoms with Crippen molar-refractivity contribution in [2.24, 2.45) is 0 Å². The van der Waals surface area contributed by atoms with Crippen molar-refractivity contribution in [3.63, 3.8) is 0 Å². The van der Waals surface area contributed by atoms with Crippen molar-refractivity contribution in [3.05, 3.63) is 36.0 Å². The van der Waals surface area contributed by atoms with Gasteiger partial charge in [0.15, 0.2) is 0 Å². The van der Waals surface area contributed by atoms with Gasteiger partial charge in [-0.15, -0.1) is 12.4 Å². The molecule has 0 bridgehead atoms. The van der Waals surface area contributed by atoms with Crippen molar-refractivity contribution in [3.8, 4) is 0 Å². The molecule has 1 aliphatic rings. The third kappa shape index (κ3) is 5.07. The van der Waals surface area contributed by atoms with Crippen LogP contribution in [0.5, 0.6) is 0 Å². The molecule has 1 aromatic heterocycles. The fourth-order valence-corrected chi connectivity index (χ4v) is 4.17. The minimum atomic E-state index is 0. The van der Waals surface area contributed by atoms with Gasteiger partial charge in [-0.2, -0.15) is 0 Å². The Balaban J connectivity index is 0.00000280. The summed E-state index contributed by atoms with van der Waals surface area (Å²) in [6.07, 6.45) is 4.20. The molecule has 5 nitrogen and oxygen atoms in total. The minimum Gasteiger partial charge on any atom is -0.385 e. The summed E-state index contributed by atoms with van der Waals surface area (Å²) in [6, 6.07) is 10.8. The van der Waals surface area contributed by atoms with Gasteiger partial charge in [0.2, 0.25) is 0 Å². The first-order valence-corrected chi connectivity index (χ1v) is 10.2. The van der Waals surface area contributed by atoms with Gasteiger partial charge >= 0.3 is 0 Å². The molecule has 1 saturated heterocycles. The van der Waals surface area contributed by atoms with Crippen LogP contribution >= 0.6 is 12.4 Å². The fraction of sp³-hybridized carbons (Fsp3) is 0.591. The van der Waals surface area contributed by atoms with Gasteiger partial charge in [-0.1, -0.05) is 18.2 Å². The molecular weight excluding hydrogens is 374 g/mol. The van der Waals surface area contributed by atoms with E-state index in [9.17, 15) is 4.79 Å². The highest BCUT2D eigenvalue weighted by Crippen LogP contribution is 2.24. The van der Waals surface area contributed by atoms with E-state index in [0.29, 0.717) is 0 Å². The number of carbonyl (C=O) groups is 1. The van der Waals surface area contributed by atoms with E-state index in [-0.39, 0.29) is 30.4 Å². The number of para-hydroxylation sites is 1. The second kappa shape index (κ2) is 10.8. The van der Waals surface area contributed by atoms with Gasteiger partial charge in [0, 0.05) is 49.8 Å². The zero-order valence-corrected chi connectivity index (χ0v) is 18.1. The Labute approximate surface area is 174 Å². The fourth-order valence-electron chi connectivity index (χ4n) is 4.17. The second-order valence-electron chi connectivity index (χ2n) is 7.75. The van der Waals surface area contributed by atoms with Crippen molar-refractivity contribution in [2.45, 2.75) is 58.2 Å². The van der Waals surface area contributed by atoms with Gasteiger partial charge in [-0.05, 0) is 58.2 Å². The van der Waals surface area contributed by atoms with Gasteiger partial charge < -0.3 is 19.5 Å². The lowest BCUT2D eigenvalue weighted by Crippen LogP contribution is -2.52. The highest BCUT2D eigenvalue weighted by molar-refractivity contribution is 5.99. The summed E-state index contributed by atoms with van der Waals surface area (Å²) in [7, 11) is 1.73. The number of hydrogen-bond donors (Lipinski definition) is 1. The molecule has 1 fully saturated rings. The number of piperidine rings is 1. The number of aryl methyl sites for hydroxylation is 1. The SMILES string of the molecule is COCCCCn1c(C(=O)N(C(C)C)[C@@H]2CCCNC2)cc2ccccc21.Cl. The molecule has 0 radical (unpaired) electrons. The molecule has 1 amide bonds. The monoisotopic (exact) mass is 407 g/mol. The molecule has 1 N–H and O–H groups in total. The van der Waals surface area contributed by atoms with Crippen LogP contribution in [0.1, 0.15) is 50.0 Å². The Hall–Kier alpha value is -1.56. The molecule has 1 aromatic carbocycles. The van der Waals surface area contributed by atoms with Crippen molar-refractivity contribution in [1.29, 1.82) is 0 Å². The Bertz CT molecular complexity index is 753. The quantitative estimate of drug-likeness (QED) is 0.670. The molecule has 0 aliphatic carbocycles. The predicted octanol–water partition coefficient (Wildman–Crippen LogP) is 4.09. The third-order valence-electron chi connectivity index (χ3n) is 5.46. The molecular formula is C22H34ClN3O2. The third-order valence-corrected chi connectivity index (χ3v) is 5.46. The maximum Gasteiger partial charge on any atom is 0.271 e. The first-order chi connectivity index (χ1) is 13.1. The smallest absolute Gasteiger partial charge is 0.271 e. The van der Waals surface area contributed by atoms with Gasteiger partial charge in [-0.25, -0.2) is 0 Å². The standard InChI is InChI=1S/C22H33N3O2.ClH/c1-17(2)25(19-10-8-12-23-16-19)22(26)21-15-18-9-4-5-11-20(18)24(21)13-6-7-14-27-3;/h4-5,9,11,15,17,19,23H,6-8,10,12-14,16H2,1-3H3;1H/t19-;/m1./s1. The summed E-state index contributed by atoms with van der Waals surface area (Å²) in [6.45, 7) is 7.78. The summed E-state index contributed by atoms with van der Waals surface area (Å²) in [5.74, 6) is 0.154. The highest BCUT2D eigenvalue weighted by atomic mass is 35.5. The topological polar surface area (TPSA) is 46.5 Å². The predicted molar refractivity (Wildman–Crippen MR) is 117 cm³/mol. The molecule has 6 heteroatoms. The molecule has 1 atom stereocenters. The van der Waals surface area contributed by atoms with Crippen LogP contribution in [0.4, 0.5) is 0 Å². The molecule has 0 saturated carbocycles. The lowest BCUT2D eigenvalue weighted by atomic mass is 10.0. The van der Waals surface area contributed by atoms with E-state index in [1.54, 1.807) is 7.11 Å². The van der Waals surface area contributed by atoms with Crippen LogP contribution in [-0.2, 0) is 11.3 Å². The number of amides is 1. The van der Waals surface area contributed by atoms with Crippen LogP contribution in [0.25, 0.3) is 10.9 Å². The maximum atomic E-state index is 13.6. The Morgan fingerprint density at radius 1 is 1.32 bits per heavy atom. The first-order valence-electron chi connectivity index (χ1n) is 10.2. The normalized spacial score (nSPS) is 16.9. The number of methoxy groups -OCH3 is 1. The van der Waals surface area contributed by atoms with Gasteiger partial charge in [-0.3, -0.25) is 4.79 Å². The molecule has 2 aromatic rings. The molecule has 1 aliphatic heterocycles. The average Bonchev–Trinajstić information content (AvgIpc) is 3.05. The van der Waals surface area contributed by atoms with Crippen LogP contribution in [0.3, 0.4) is 0 Å². The van der Waals surface area contributed by atoms with Crippen LogP contribution in [0.2, 0.25) is 0 Å². The molecule has 0 unspecified atom stereocenters. The molecule has 156 valence electrons. The van der Waals surface area contributed by atoms with E-state index in [4.69, 9.17) is 4.74 Å². The number of rotatable bonds is 8. The average molecular weight is 408 g/mol. The van der Waals surface area contributed by atoms with Crippen molar-refractivity contribution < 1.29 is 9.53 Å². The zero-order valence-electron chi connectivity index (χ0n) is 17.3. The van der Waals surface area contributed by atoms with E-state index >= 15 is 0 Å². The summed E-state index contributed by atoms with van der Waals surface area (Å²) >= 11 is 0. The summed E-state index contributed by atoms with van der Waals surface area (Å²) in [5.41, 5.74) is 1.96. The number of fused-ring (bicyclic) bond motifs is 1. The Morgan fingerprint density at radius 2 is 2.11 bits per heavy atom. The van der Waals surface area contributed by atoms with Gasteiger partial charge in [0.25, 0.3) is 5.91 Å². The molecule has 3 rings (SSSR count). The second-order valence-corrected chi connectivity index (χ2v) is 7.75. The van der Waals surface area contributed by atoms with E-state index in [1.807, 2.05) is 12.1 Å². The minimum absolute atomic E-state index is 0. The summed E-state index contributed by atoms with van der Waals surface area (Å²) in [4.78, 5) is 15.7. The number of carbonyl (C=O) groups excluding carboxylic acids is 1. The number of benzene rings is 1. The van der Waals surface area contributed by atoms with Crippen LogP contribution < -0.4 is 5.32 Å². The summed E-state index contributed by atoms with van der Waals surface area (Å²) in [5, 5.41) is 4.59. The molecule has 2 heterocycles. The Kier molecular flexibility index (Phi) is 8.80.